The summed E-state index contributed by atoms with van der Waals surface area (Å²) in [6, 6.07) is 8.98. The average Bonchev–Trinajstić information content (AvgIpc) is 2.48. The number of amides is 1. The molecule has 2 aromatic rings. The predicted octanol–water partition coefficient (Wildman–Crippen LogP) is 2.82. The summed E-state index contributed by atoms with van der Waals surface area (Å²) < 4.78 is 25.9. The van der Waals surface area contributed by atoms with Gasteiger partial charge < -0.3 is 5.11 Å². The number of aromatic hydroxyl groups is 1. The molecule has 0 saturated heterocycles. The minimum atomic E-state index is -0.980. The fraction of sp³-hybridized carbons (Fsp3) is 0.0667. The third kappa shape index (κ3) is 3.62. The Morgan fingerprint density at radius 1 is 1.05 bits per heavy atom. The first-order chi connectivity index (χ1) is 9.97. The lowest BCUT2D eigenvalue weighted by Gasteiger charge is -2.04. The number of phenolic OH excluding ortho intramolecular Hbond substituents is 1. The van der Waals surface area contributed by atoms with E-state index in [1.54, 1.807) is 6.92 Å². The van der Waals surface area contributed by atoms with Crippen LogP contribution in [0.5, 0.6) is 5.75 Å². The van der Waals surface area contributed by atoms with Gasteiger partial charge in [-0.3, -0.25) is 4.79 Å². The van der Waals surface area contributed by atoms with Gasteiger partial charge in [0.15, 0.2) is 11.6 Å². The van der Waals surface area contributed by atoms with E-state index in [9.17, 15) is 13.6 Å². The molecular formula is C15H12F2N2O2. The zero-order chi connectivity index (χ0) is 15.4. The van der Waals surface area contributed by atoms with Crippen LogP contribution in [0.1, 0.15) is 22.8 Å². The number of nitrogens with zero attached hydrogens (tertiary/aromatic N) is 1. The molecule has 2 rings (SSSR count). The van der Waals surface area contributed by atoms with Crippen LogP contribution in [0.2, 0.25) is 0 Å². The second-order valence-electron chi connectivity index (χ2n) is 4.31. The average molecular weight is 290 g/mol. The molecule has 4 nitrogen and oxygen atoms in total. The smallest absolute Gasteiger partial charge is 0.271 e. The van der Waals surface area contributed by atoms with Crippen molar-refractivity contribution in [1.29, 1.82) is 0 Å². The minimum Gasteiger partial charge on any atom is -0.508 e. The summed E-state index contributed by atoms with van der Waals surface area (Å²) in [5, 5.41) is 13.0. The normalized spacial score (nSPS) is 11.3. The Hall–Kier alpha value is -2.76. The number of hydrogen-bond acceptors (Lipinski definition) is 3. The number of halogens is 2. The van der Waals surface area contributed by atoms with Gasteiger partial charge in [0.05, 0.1) is 5.71 Å². The Bertz CT molecular complexity index is 697. The molecule has 0 aliphatic rings. The molecule has 108 valence electrons. The van der Waals surface area contributed by atoms with E-state index in [2.05, 4.69) is 10.5 Å². The first-order valence-electron chi connectivity index (χ1n) is 6.06. The van der Waals surface area contributed by atoms with Crippen molar-refractivity contribution in [3.05, 3.63) is 65.2 Å². The molecule has 0 atom stereocenters. The van der Waals surface area contributed by atoms with Gasteiger partial charge in [-0.15, -0.1) is 0 Å². The van der Waals surface area contributed by atoms with Crippen LogP contribution in [-0.4, -0.2) is 16.7 Å². The van der Waals surface area contributed by atoms with Crippen LogP contribution in [0, 0.1) is 11.6 Å². The van der Waals surface area contributed by atoms with E-state index in [-0.39, 0.29) is 5.75 Å². The highest BCUT2D eigenvalue weighted by Crippen LogP contribution is 2.11. The molecule has 0 saturated carbocycles. The zero-order valence-corrected chi connectivity index (χ0v) is 11.1. The van der Waals surface area contributed by atoms with Gasteiger partial charge in [0.2, 0.25) is 0 Å². The summed E-state index contributed by atoms with van der Waals surface area (Å²) in [5.74, 6) is -2.35. The molecule has 0 aliphatic heterocycles. The van der Waals surface area contributed by atoms with Crippen molar-refractivity contribution < 1.29 is 18.7 Å². The van der Waals surface area contributed by atoms with Gasteiger partial charge in [-0.1, -0.05) is 0 Å². The lowest BCUT2D eigenvalue weighted by Crippen LogP contribution is -2.19. The summed E-state index contributed by atoms with van der Waals surface area (Å²) >= 11 is 0. The fourth-order valence-electron chi connectivity index (χ4n) is 1.60. The maximum atomic E-state index is 13.1. The number of nitrogens with one attached hydrogen (secondary N) is 1. The molecule has 0 radical (unpaired) electrons. The maximum Gasteiger partial charge on any atom is 0.271 e. The van der Waals surface area contributed by atoms with Crippen molar-refractivity contribution in [3.8, 4) is 5.75 Å². The Morgan fingerprint density at radius 3 is 2.29 bits per heavy atom. The van der Waals surface area contributed by atoms with Gasteiger partial charge in [0, 0.05) is 11.1 Å². The molecule has 0 bridgehead atoms. The second kappa shape index (κ2) is 6.13. The first kappa shape index (κ1) is 14.6. The highest BCUT2D eigenvalue weighted by molar-refractivity contribution is 6.00. The van der Waals surface area contributed by atoms with Crippen molar-refractivity contribution in [2.24, 2.45) is 5.10 Å². The molecule has 0 unspecified atom stereocenters. The Balaban J connectivity index is 2.10. The zero-order valence-electron chi connectivity index (χ0n) is 11.1. The van der Waals surface area contributed by atoms with E-state index in [1.165, 1.54) is 30.3 Å². The predicted molar refractivity (Wildman–Crippen MR) is 74.1 cm³/mol. The van der Waals surface area contributed by atoms with Crippen molar-refractivity contribution in [1.82, 2.24) is 5.43 Å². The summed E-state index contributed by atoms with van der Waals surface area (Å²) in [4.78, 5) is 11.8. The monoisotopic (exact) mass is 290 g/mol. The van der Waals surface area contributed by atoms with Gasteiger partial charge >= 0.3 is 0 Å². The minimum absolute atomic E-state index is 0.0491. The van der Waals surface area contributed by atoms with Crippen LogP contribution in [0.15, 0.2) is 47.6 Å². The number of benzene rings is 2. The van der Waals surface area contributed by atoms with Gasteiger partial charge in [-0.2, -0.15) is 5.10 Å². The number of hydrazone groups is 1. The third-order valence-electron chi connectivity index (χ3n) is 2.79. The van der Waals surface area contributed by atoms with Crippen molar-refractivity contribution in [2.75, 3.05) is 0 Å². The number of carbonyl (C=O) groups is 1. The Labute approximate surface area is 119 Å². The number of carbonyl (C=O) groups excluding carboxylic acids is 1. The van der Waals surface area contributed by atoms with Gasteiger partial charge in [0.1, 0.15) is 5.75 Å². The van der Waals surface area contributed by atoms with Gasteiger partial charge in [0.25, 0.3) is 5.91 Å². The molecular weight excluding hydrogens is 278 g/mol. The topological polar surface area (TPSA) is 61.7 Å². The van der Waals surface area contributed by atoms with E-state index in [1.807, 2.05) is 0 Å². The highest BCUT2D eigenvalue weighted by Gasteiger charge is 2.07. The van der Waals surface area contributed by atoms with Crippen molar-refractivity contribution in [3.63, 3.8) is 0 Å². The van der Waals surface area contributed by atoms with E-state index < -0.39 is 17.5 Å². The maximum absolute atomic E-state index is 13.1. The molecule has 21 heavy (non-hydrogen) atoms. The largest absolute Gasteiger partial charge is 0.508 e. The number of rotatable bonds is 3. The van der Waals surface area contributed by atoms with E-state index in [0.29, 0.717) is 16.8 Å². The molecule has 0 aliphatic carbocycles. The molecule has 0 fully saturated rings. The van der Waals surface area contributed by atoms with Gasteiger partial charge in [-0.25, -0.2) is 14.2 Å². The van der Waals surface area contributed by atoms with Crippen molar-refractivity contribution >= 4 is 11.6 Å². The summed E-state index contributed by atoms with van der Waals surface area (Å²) in [5.41, 5.74) is 3.31. The summed E-state index contributed by atoms with van der Waals surface area (Å²) in [6.45, 7) is 1.56. The quantitative estimate of drug-likeness (QED) is 0.674. The van der Waals surface area contributed by atoms with Crippen LogP contribution >= 0.6 is 0 Å². The SMILES string of the molecule is C/C(=N/NC(=O)c1ccc(O)cc1)c1ccc(F)c(F)c1. The lowest BCUT2D eigenvalue weighted by molar-refractivity contribution is 0.0955. The van der Waals surface area contributed by atoms with Crippen LogP contribution in [0.25, 0.3) is 0 Å². The van der Waals surface area contributed by atoms with Crippen LogP contribution < -0.4 is 5.43 Å². The molecule has 0 heterocycles. The van der Waals surface area contributed by atoms with Gasteiger partial charge in [-0.05, 0) is 49.4 Å². The van der Waals surface area contributed by atoms with Crippen molar-refractivity contribution in [2.45, 2.75) is 6.92 Å². The molecule has 0 spiro atoms. The van der Waals surface area contributed by atoms with E-state index >= 15 is 0 Å². The Morgan fingerprint density at radius 2 is 1.67 bits per heavy atom. The Kier molecular flexibility index (Phi) is 4.27. The standard InChI is InChI=1S/C15H12F2N2O2/c1-9(11-4-7-13(16)14(17)8-11)18-19-15(21)10-2-5-12(20)6-3-10/h2-8,20H,1H3,(H,19,21)/b18-9-. The van der Waals surface area contributed by atoms with E-state index in [0.717, 1.165) is 12.1 Å². The fourth-order valence-corrected chi connectivity index (χ4v) is 1.60. The molecule has 0 aromatic heterocycles. The lowest BCUT2D eigenvalue weighted by atomic mass is 10.1. The third-order valence-corrected chi connectivity index (χ3v) is 2.79. The molecule has 1 amide bonds. The molecule has 2 aromatic carbocycles. The first-order valence-corrected chi connectivity index (χ1v) is 6.06. The summed E-state index contributed by atoms with van der Waals surface area (Å²) in [7, 11) is 0. The van der Waals surface area contributed by atoms with E-state index in [4.69, 9.17) is 5.11 Å². The molecule has 2 N–H and O–H groups in total. The summed E-state index contributed by atoms with van der Waals surface area (Å²) in [6.07, 6.45) is 0. The molecule has 6 heteroatoms. The van der Waals surface area contributed by atoms with Crippen LogP contribution in [-0.2, 0) is 0 Å². The highest BCUT2D eigenvalue weighted by atomic mass is 19.2. The number of phenols is 1. The van der Waals surface area contributed by atoms with Crippen LogP contribution in [0.3, 0.4) is 0 Å². The number of hydrogen-bond donors (Lipinski definition) is 2. The second-order valence-corrected chi connectivity index (χ2v) is 4.31. The van der Waals surface area contributed by atoms with Crippen LogP contribution in [0.4, 0.5) is 8.78 Å².